The van der Waals surface area contributed by atoms with Crippen molar-refractivity contribution in [2.45, 2.75) is 12.8 Å². The van der Waals surface area contributed by atoms with Crippen LogP contribution in [0.2, 0.25) is 0 Å². The van der Waals surface area contributed by atoms with E-state index in [0.29, 0.717) is 18.8 Å². The number of amides is 1. The Labute approximate surface area is 158 Å². The molecule has 0 radical (unpaired) electrons. The van der Waals surface area contributed by atoms with E-state index in [1.165, 1.54) is 17.7 Å². The highest BCUT2D eigenvalue weighted by Gasteiger charge is 2.07. The van der Waals surface area contributed by atoms with Crippen molar-refractivity contribution in [1.82, 2.24) is 10.3 Å². The minimum Gasteiger partial charge on any atom is -0.385 e. The maximum Gasteiger partial charge on any atom is 0.269 e. The molecule has 27 heavy (non-hydrogen) atoms. The van der Waals surface area contributed by atoms with Crippen LogP contribution in [0, 0.1) is 5.82 Å². The number of hydrogen-bond acceptors (Lipinski definition) is 3. The van der Waals surface area contributed by atoms with Crippen molar-refractivity contribution >= 4 is 11.6 Å². The lowest BCUT2D eigenvalue weighted by Gasteiger charge is -2.09. The first-order valence-electron chi connectivity index (χ1n) is 8.97. The number of benzene rings is 2. The maximum atomic E-state index is 12.9. The Kier molecular flexibility index (Phi) is 6.52. The van der Waals surface area contributed by atoms with Gasteiger partial charge in [0.15, 0.2) is 0 Å². The van der Waals surface area contributed by atoms with Crippen LogP contribution in [-0.2, 0) is 12.8 Å². The zero-order valence-electron chi connectivity index (χ0n) is 15.0. The van der Waals surface area contributed by atoms with E-state index in [2.05, 4.69) is 15.6 Å². The van der Waals surface area contributed by atoms with Crippen LogP contribution in [-0.4, -0.2) is 24.0 Å². The van der Waals surface area contributed by atoms with Crippen molar-refractivity contribution in [3.8, 4) is 0 Å². The Morgan fingerprint density at radius 2 is 1.59 bits per heavy atom. The summed E-state index contributed by atoms with van der Waals surface area (Å²) in [6.45, 7) is 1.25. The molecule has 0 unspecified atom stereocenters. The lowest BCUT2D eigenvalue weighted by atomic mass is 10.1. The number of aromatic nitrogens is 1. The fourth-order valence-corrected chi connectivity index (χ4v) is 2.72. The van der Waals surface area contributed by atoms with Crippen LogP contribution in [0.15, 0.2) is 72.9 Å². The highest BCUT2D eigenvalue weighted by atomic mass is 19.1. The Balaban J connectivity index is 1.47. The van der Waals surface area contributed by atoms with Crippen LogP contribution in [0.4, 0.5) is 10.1 Å². The predicted octanol–water partition coefficient (Wildman–Crippen LogP) is 3.85. The first-order valence-corrected chi connectivity index (χ1v) is 8.97. The Morgan fingerprint density at radius 1 is 0.889 bits per heavy atom. The molecule has 1 amide bonds. The van der Waals surface area contributed by atoms with Crippen LogP contribution in [0.1, 0.15) is 21.6 Å². The minimum absolute atomic E-state index is 0.187. The fourth-order valence-electron chi connectivity index (χ4n) is 2.72. The molecule has 0 saturated carbocycles. The van der Waals surface area contributed by atoms with Crippen molar-refractivity contribution in [1.29, 1.82) is 0 Å². The fraction of sp³-hybridized carbons (Fsp3) is 0.182. The van der Waals surface area contributed by atoms with E-state index in [1.54, 1.807) is 24.4 Å². The molecule has 0 spiro atoms. The number of carbonyl (C=O) groups is 1. The van der Waals surface area contributed by atoms with Gasteiger partial charge in [-0.15, -0.1) is 0 Å². The summed E-state index contributed by atoms with van der Waals surface area (Å²) in [6.07, 6.45) is 3.16. The number of carbonyl (C=O) groups excluding carboxylic acids is 1. The van der Waals surface area contributed by atoms with E-state index in [-0.39, 0.29) is 11.7 Å². The molecule has 2 N–H and O–H groups in total. The molecule has 1 aromatic heterocycles. The monoisotopic (exact) mass is 363 g/mol. The van der Waals surface area contributed by atoms with Crippen LogP contribution in [0.5, 0.6) is 0 Å². The van der Waals surface area contributed by atoms with Gasteiger partial charge >= 0.3 is 0 Å². The third-order valence-electron chi connectivity index (χ3n) is 4.19. The van der Waals surface area contributed by atoms with Crippen LogP contribution >= 0.6 is 0 Å². The van der Waals surface area contributed by atoms with Crippen LogP contribution in [0.3, 0.4) is 0 Å². The quantitative estimate of drug-likeness (QED) is 0.639. The third-order valence-corrected chi connectivity index (χ3v) is 4.19. The first kappa shape index (κ1) is 18.6. The molecule has 0 fully saturated rings. The second-order valence-corrected chi connectivity index (χ2v) is 6.22. The largest absolute Gasteiger partial charge is 0.385 e. The van der Waals surface area contributed by atoms with Gasteiger partial charge in [0.25, 0.3) is 5.91 Å². The average molecular weight is 363 g/mol. The molecule has 3 rings (SSSR count). The van der Waals surface area contributed by atoms with Crippen LogP contribution < -0.4 is 10.6 Å². The maximum absolute atomic E-state index is 12.9. The molecule has 0 aliphatic carbocycles. The topological polar surface area (TPSA) is 54.0 Å². The lowest BCUT2D eigenvalue weighted by molar-refractivity contribution is 0.0949. The molecular weight excluding hydrogens is 341 g/mol. The highest BCUT2D eigenvalue weighted by Crippen LogP contribution is 2.09. The van der Waals surface area contributed by atoms with E-state index in [9.17, 15) is 9.18 Å². The summed E-state index contributed by atoms with van der Waals surface area (Å²) in [5.74, 6) is -0.420. The standard InChI is InChI=1S/C22H22FN3O/c23-19-8-6-18(7-9-19)10-13-24-20-12-15-25-21(16-20)22(27)26-14-11-17-4-2-1-3-5-17/h1-9,12,15-16H,10-11,13-14H2,(H,24,25)(H,26,27). The van der Waals surface area contributed by atoms with Gasteiger partial charge in [-0.3, -0.25) is 9.78 Å². The zero-order chi connectivity index (χ0) is 18.9. The summed E-state index contributed by atoms with van der Waals surface area (Å²) in [5.41, 5.74) is 3.45. The number of anilines is 1. The minimum atomic E-state index is -0.233. The molecular formula is C22H22FN3O. The number of halogens is 1. The molecule has 0 saturated heterocycles. The van der Waals surface area contributed by atoms with Crippen molar-refractivity contribution < 1.29 is 9.18 Å². The molecule has 0 aliphatic rings. The molecule has 0 aliphatic heterocycles. The van der Waals surface area contributed by atoms with Gasteiger partial charge in [-0.05, 0) is 48.2 Å². The molecule has 4 nitrogen and oxygen atoms in total. The molecule has 2 aromatic carbocycles. The molecule has 138 valence electrons. The van der Waals surface area contributed by atoms with E-state index < -0.39 is 0 Å². The second kappa shape index (κ2) is 9.48. The lowest BCUT2D eigenvalue weighted by Crippen LogP contribution is -2.26. The smallest absolute Gasteiger partial charge is 0.269 e. The summed E-state index contributed by atoms with van der Waals surface area (Å²) in [7, 11) is 0. The Morgan fingerprint density at radius 3 is 2.37 bits per heavy atom. The first-order chi connectivity index (χ1) is 13.2. The van der Waals surface area contributed by atoms with Crippen LogP contribution in [0.25, 0.3) is 0 Å². The van der Waals surface area contributed by atoms with Gasteiger partial charge in [-0.1, -0.05) is 42.5 Å². The Hall–Kier alpha value is -3.21. The summed E-state index contributed by atoms with van der Waals surface area (Å²) >= 11 is 0. The molecule has 1 heterocycles. The number of nitrogens with zero attached hydrogens (tertiary/aromatic N) is 1. The normalized spacial score (nSPS) is 10.4. The van der Waals surface area contributed by atoms with Gasteiger partial charge in [0.1, 0.15) is 11.5 Å². The van der Waals surface area contributed by atoms with Crippen molar-refractivity contribution in [2.24, 2.45) is 0 Å². The van der Waals surface area contributed by atoms with E-state index in [1.807, 2.05) is 36.4 Å². The molecule has 5 heteroatoms. The summed E-state index contributed by atoms with van der Waals surface area (Å²) < 4.78 is 12.9. The van der Waals surface area contributed by atoms with Gasteiger partial charge < -0.3 is 10.6 Å². The summed E-state index contributed by atoms with van der Waals surface area (Å²) in [6, 6.07) is 20.0. The number of pyridine rings is 1. The van der Waals surface area contributed by atoms with E-state index in [0.717, 1.165) is 24.1 Å². The molecule has 0 bridgehead atoms. The van der Waals surface area contributed by atoms with Gasteiger partial charge in [-0.25, -0.2) is 4.39 Å². The summed E-state index contributed by atoms with van der Waals surface area (Å²) in [5, 5.41) is 6.17. The predicted molar refractivity (Wildman–Crippen MR) is 105 cm³/mol. The molecule has 0 atom stereocenters. The number of hydrogen-bond donors (Lipinski definition) is 2. The number of rotatable bonds is 8. The highest BCUT2D eigenvalue weighted by molar-refractivity contribution is 5.93. The third kappa shape index (κ3) is 5.92. The number of nitrogens with one attached hydrogen (secondary N) is 2. The second-order valence-electron chi connectivity index (χ2n) is 6.22. The SMILES string of the molecule is O=C(NCCc1ccccc1)c1cc(NCCc2ccc(F)cc2)ccn1. The summed E-state index contributed by atoms with van der Waals surface area (Å²) in [4.78, 5) is 16.4. The van der Waals surface area contributed by atoms with Gasteiger partial charge in [0.05, 0.1) is 0 Å². The van der Waals surface area contributed by atoms with Crippen molar-refractivity contribution in [3.63, 3.8) is 0 Å². The van der Waals surface area contributed by atoms with E-state index >= 15 is 0 Å². The average Bonchev–Trinajstić information content (AvgIpc) is 2.70. The zero-order valence-corrected chi connectivity index (χ0v) is 15.0. The van der Waals surface area contributed by atoms with Gasteiger partial charge in [0.2, 0.25) is 0 Å². The van der Waals surface area contributed by atoms with E-state index in [4.69, 9.17) is 0 Å². The van der Waals surface area contributed by atoms with Gasteiger partial charge in [-0.2, -0.15) is 0 Å². The van der Waals surface area contributed by atoms with Crippen molar-refractivity contribution in [3.05, 3.63) is 95.6 Å². The Bertz CT molecular complexity index is 866. The van der Waals surface area contributed by atoms with Gasteiger partial charge in [0, 0.05) is 25.0 Å². The molecule has 3 aromatic rings. The van der Waals surface area contributed by atoms with Crippen molar-refractivity contribution in [2.75, 3.05) is 18.4 Å².